The van der Waals surface area contributed by atoms with E-state index in [-0.39, 0.29) is 6.54 Å². The summed E-state index contributed by atoms with van der Waals surface area (Å²) in [7, 11) is 0. The van der Waals surface area contributed by atoms with Crippen LogP contribution in [0.2, 0.25) is 5.02 Å². The quantitative estimate of drug-likeness (QED) is 0.865. The molecule has 0 radical (unpaired) electrons. The summed E-state index contributed by atoms with van der Waals surface area (Å²) in [4.78, 5) is 10.6. The minimum Gasteiger partial charge on any atom is -0.480 e. The van der Waals surface area contributed by atoms with Crippen LogP contribution in [0.25, 0.3) is 11.4 Å². The van der Waals surface area contributed by atoms with Gasteiger partial charge in [0.05, 0.1) is 0 Å². The van der Waals surface area contributed by atoms with Gasteiger partial charge in [-0.2, -0.15) is 0 Å². The Balaban J connectivity index is 2.36. The van der Waals surface area contributed by atoms with E-state index in [1.54, 1.807) is 24.3 Å². The lowest BCUT2D eigenvalue weighted by molar-refractivity contribution is -0.137. The predicted octanol–water partition coefficient (Wildman–Crippen LogP) is 1.08. The maximum atomic E-state index is 10.6. The van der Waals surface area contributed by atoms with Crippen molar-refractivity contribution in [1.29, 1.82) is 0 Å². The highest BCUT2D eigenvalue weighted by molar-refractivity contribution is 6.30. The van der Waals surface area contributed by atoms with E-state index < -0.39 is 5.97 Å². The number of aromatic nitrogens is 4. The van der Waals surface area contributed by atoms with E-state index in [0.717, 1.165) is 5.56 Å². The third-order valence-electron chi connectivity index (χ3n) is 1.92. The number of hydrogen-bond acceptors (Lipinski definition) is 4. The Kier molecular flexibility index (Phi) is 2.82. The first-order chi connectivity index (χ1) is 7.66. The Morgan fingerprint density at radius 3 is 2.69 bits per heavy atom. The molecular weight excluding hydrogens is 232 g/mol. The number of hydrogen-bond donors (Lipinski definition) is 1. The molecule has 1 aromatic carbocycles. The Morgan fingerprint density at radius 1 is 1.38 bits per heavy atom. The van der Waals surface area contributed by atoms with Crippen molar-refractivity contribution in [3.8, 4) is 11.4 Å². The van der Waals surface area contributed by atoms with Gasteiger partial charge in [-0.3, -0.25) is 4.79 Å². The van der Waals surface area contributed by atoms with Crippen molar-refractivity contribution < 1.29 is 9.90 Å². The van der Waals surface area contributed by atoms with Crippen molar-refractivity contribution in [1.82, 2.24) is 20.2 Å². The Bertz CT molecular complexity index is 508. The molecule has 0 aliphatic heterocycles. The van der Waals surface area contributed by atoms with Crippen LogP contribution in [0.5, 0.6) is 0 Å². The number of carbonyl (C=O) groups is 1. The second-order valence-electron chi connectivity index (χ2n) is 3.06. The number of aliphatic carboxylic acids is 1. The van der Waals surface area contributed by atoms with Crippen molar-refractivity contribution in [2.45, 2.75) is 6.54 Å². The Hall–Kier alpha value is -1.95. The van der Waals surface area contributed by atoms with Crippen LogP contribution in [0.15, 0.2) is 24.3 Å². The van der Waals surface area contributed by atoms with Crippen LogP contribution in [0, 0.1) is 0 Å². The molecule has 0 aliphatic carbocycles. The predicted molar refractivity (Wildman–Crippen MR) is 55.9 cm³/mol. The lowest BCUT2D eigenvalue weighted by Gasteiger charge is -2.01. The molecule has 0 spiro atoms. The van der Waals surface area contributed by atoms with Crippen LogP contribution in [-0.2, 0) is 11.3 Å². The zero-order valence-electron chi connectivity index (χ0n) is 8.04. The first-order valence-electron chi connectivity index (χ1n) is 4.41. The summed E-state index contributed by atoms with van der Waals surface area (Å²) in [5.41, 5.74) is 0.718. The summed E-state index contributed by atoms with van der Waals surface area (Å²) in [5.74, 6) is -0.596. The average molecular weight is 239 g/mol. The summed E-state index contributed by atoms with van der Waals surface area (Å²) in [5, 5.41) is 20.1. The van der Waals surface area contributed by atoms with Gasteiger partial charge in [0.1, 0.15) is 6.54 Å². The van der Waals surface area contributed by atoms with Gasteiger partial charge in [0.2, 0.25) is 0 Å². The lowest BCUT2D eigenvalue weighted by Crippen LogP contribution is -2.11. The van der Waals surface area contributed by atoms with E-state index in [1.165, 1.54) is 4.68 Å². The van der Waals surface area contributed by atoms with Gasteiger partial charge in [-0.15, -0.1) is 5.10 Å². The highest BCUT2D eigenvalue weighted by Crippen LogP contribution is 2.18. The van der Waals surface area contributed by atoms with Crippen molar-refractivity contribution in [3.05, 3.63) is 29.3 Å². The molecule has 0 atom stereocenters. The molecule has 7 heteroatoms. The Morgan fingerprint density at radius 2 is 2.06 bits per heavy atom. The number of halogens is 1. The van der Waals surface area contributed by atoms with Crippen LogP contribution in [0.4, 0.5) is 0 Å². The number of carboxylic acid groups (broad SMARTS) is 1. The third-order valence-corrected chi connectivity index (χ3v) is 2.17. The van der Waals surface area contributed by atoms with E-state index in [1.807, 2.05) is 0 Å². The molecule has 16 heavy (non-hydrogen) atoms. The zero-order chi connectivity index (χ0) is 11.5. The molecule has 6 nitrogen and oxygen atoms in total. The van der Waals surface area contributed by atoms with Gasteiger partial charge in [-0.1, -0.05) is 11.6 Å². The minimum atomic E-state index is -0.998. The fraction of sp³-hybridized carbons (Fsp3) is 0.111. The monoisotopic (exact) mass is 238 g/mol. The molecule has 1 heterocycles. The van der Waals surface area contributed by atoms with Crippen molar-refractivity contribution in [2.24, 2.45) is 0 Å². The molecular formula is C9H7ClN4O2. The molecule has 0 unspecified atom stereocenters. The molecule has 0 fully saturated rings. The van der Waals surface area contributed by atoms with E-state index in [0.29, 0.717) is 10.8 Å². The largest absolute Gasteiger partial charge is 0.480 e. The normalized spacial score (nSPS) is 10.3. The number of benzene rings is 1. The summed E-state index contributed by atoms with van der Waals surface area (Å²) >= 11 is 5.74. The Labute approximate surface area is 95.5 Å². The second kappa shape index (κ2) is 4.28. The van der Waals surface area contributed by atoms with Gasteiger partial charge in [0, 0.05) is 10.6 Å². The van der Waals surface area contributed by atoms with Crippen molar-refractivity contribution >= 4 is 17.6 Å². The number of nitrogens with zero attached hydrogens (tertiary/aromatic N) is 4. The molecule has 0 bridgehead atoms. The number of rotatable bonds is 3. The van der Waals surface area contributed by atoms with Gasteiger partial charge >= 0.3 is 5.97 Å². The summed E-state index contributed by atoms with van der Waals surface area (Å²) in [6.07, 6.45) is 0. The van der Waals surface area contributed by atoms with Crippen molar-refractivity contribution in [2.75, 3.05) is 0 Å². The standard InChI is InChI=1S/C9H7ClN4O2/c10-7-3-1-6(2-4-7)9-11-12-13-14(9)5-8(15)16/h1-4H,5H2,(H,15,16). The average Bonchev–Trinajstić information content (AvgIpc) is 2.66. The topological polar surface area (TPSA) is 80.9 Å². The van der Waals surface area contributed by atoms with E-state index in [2.05, 4.69) is 15.5 Å². The van der Waals surface area contributed by atoms with Crippen LogP contribution < -0.4 is 0 Å². The molecule has 1 N–H and O–H groups in total. The number of carboxylic acids is 1. The fourth-order valence-electron chi connectivity index (χ4n) is 1.24. The highest BCUT2D eigenvalue weighted by Gasteiger charge is 2.10. The molecule has 0 saturated carbocycles. The molecule has 1 aromatic heterocycles. The molecule has 82 valence electrons. The van der Waals surface area contributed by atoms with Gasteiger partial charge in [0.25, 0.3) is 0 Å². The van der Waals surface area contributed by atoms with Crippen LogP contribution in [0.1, 0.15) is 0 Å². The van der Waals surface area contributed by atoms with Gasteiger partial charge in [0.15, 0.2) is 5.82 Å². The second-order valence-corrected chi connectivity index (χ2v) is 3.50. The summed E-state index contributed by atoms with van der Waals surface area (Å²) in [6, 6.07) is 6.84. The minimum absolute atomic E-state index is 0.273. The van der Waals surface area contributed by atoms with Gasteiger partial charge < -0.3 is 5.11 Å². The maximum absolute atomic E-state index is 10.6. The van der Waals surface area contributed by atoms with Crippen molar-refractivity contribution in [3.63, 3.8) is 0 Å². The van der Waals surface area contributed by atoms with Gasteiger partial charge in [-0.05, 0) is 34.7 Å². The highest BCUT2D eigenvalue weighted by atomic mass is 35.5. The van der Waals surface area contributed by atoms with Crippen LogP contribution in [-0.4, -0.2) is 31.3 Å². The summed E-state index contributed by atoms with van der Waals surface area (Å²) < 4.78 is 1.21. The summed E-state index contributed by atoms with van der Waals surface area (Å²) in [6.45, 7) is -0.273. The first kappa shape index (κ1) is 10.6. The fourth-order valence-corrected chi connectivity index (χ4v) is 1.37. The van der Waals surface area contributed by atoms with E-state index in [9.17, 15) is 4.79 Å². The van der Waals surface area contributed by atoms with Crippen LogP contribution in [0.3, 0.4) is 0 Å². The molecule has 2 rings (SSSR count). The van der Waals surface area contributed by atoms with E-state index in [4.69, 9.17) is 16.7 Å². The first-order valence-corrected chi connectivity index (χ1v) is 4.78. The number of tetrazole rings is 1. The smallest absolute Gasteiger partial charge is 0.325 e. The third kappa shape index (κ3) is 2.17. The SMILES string of the molecule is O=C(O)Cn1nnnc1-c1ccc(Cl)cc1. The van der Waals surface area contributed by atoms with E-state index >= 15 is 0 Å². The molecule has 2 aromatic rings. The maximum Gasteiger partial charge on any atom is 0.325 e. The van der Waals surface area contributed by atoms with Crippen LogP contribution >= 0.6 is 11.6 Å². The molecule has 0 saturated heterocycles. The zero-order valence-corrected chi connectivity index (χ0v) is 8.79. The van der Waals surface area contributed by atoms with Gasteiger partial charge in [-0.25, -0.2) is 4.68 Å². The lowest BCUT2D eigenvalue weighted by atomic mass is 10.2. The molecule has 0 aliphatic rings. The molecule has 0 amide bonds.